The van der Waals surface area contributed by atoms with Gasteiger partial charge in [0.1, 0.15) is 5.92 Å². The molecule has 2 bridgehead atoms. The SMILES string of the molecule is CCc1cccc(CC)c1NC(=O)[C@H]1[C@H](C(=O)O)[C@H]2C=C[C@H]1O2. The molecule has 0 unspecified atom stereocenters. The van der Waals surface area contributed by atoms with Gasteiger partial charge in [0.15, 0.2) is 0 Å². The molecule has 122 valence electrons. The summed E-state index contributed by atoms with van der Waals surface area (Å²) in [6.07, 6.45) is 4.20. The molecule has 1 aromatic rings. The van der Waals surface area contributed by atoms with E-state index in [0.29, 0.717) is 0 Å². The molecule has 23 heavy (non-hydrogen) atoms. The number of para-hydroxylation sites is 1. The van der Waals surface area contributed by atoms with E-state index in [1.165, 1.54) is 0 Å². The van der Waals surface area contributed by atoms with E-state index in [-0.39, 0.29) is 5.91 Å². The van der Waals surface area contributed by atoms with Gasteiger partial charge in [0.05, 0.1) is 18.1 Å². The fourth-order valence-corrected chi connectivity index (χ4v) is 3.52. The van der Waals surface area contributed by atoms with Crippen LogP contribution in [-0.2, 0) is 27.2 Å². The average molecular weight is 315 g/mol. The number of carbonyl (C=O) groups is 2. The van der Waals surface area contributed by atoms with Crippen molar-refractivity contribution in [1.29, 1.82) is 0 Å². The van der Waals surface area contributed by atoms with Gasteiger partial charge in [0.2, 0.25) is 5.91 Å². The van der Waals surface area contributed by atoms with E-state index in [1.54, 1.807) is 12.2 Å². The number of fused-ring (bicyclic) bond motifs is 2. The number of amides is 1. The van der Waals surface area contributed by atoms with Gasteiger partial charge in [0.25, 0.3) is 0 Å². The molecule has 0 saturated carbocycles. The number of nitrogens with one attached hydrogen (secondary N) is 1. The minimum Gasteiger partial charge on any atom is -0.481 e. The molecule has 2 aliphatic rings. The minimum absolute atomic E-state index is 0.273. The van der Waals surface area contributed by atoms with Crippen LogP contribution in [0.4, 0.5) is 5.69 Å². The minimum atomic E-state index is -0.985. The molecule has 1 fully saturated rings. The Morgan fingerprint density at radius 2 is 1.65 bits per heavy atom. The van der Waals surface area contributed by atoms with Crippen LogP contribution in [0.2, 0.25) is 0 Å². The third-order valence-corrected chi connectivity index (χ3v) is 4.73. The van der Waals surface area contributed by atoms with Gasteiger partial charge in [-0.3, -0.25) is 9.59 Å². The van der Waals surface area contributed by atoms with Crippen molar-refractivity contribution in [1.82, 2.24) is 0 Å². The van der Waals surface area contributed by atoms with Gasteiger partial charge in [-0.25, -0.2) is 0 Å². The molecule has 1 saturated heterocycles. The molecule has 1 aromatic carbocycles. The van der Waals surface area contributed by atoms with Crippen LogP contribution in [0, 0.1) is 11.8 Å². The number of hydrogen-bond acceptors (Lipinski definition) is 3. The van der Waals surface area contributed by atoms with Crippen LogP contribution in [-0.4, -0.2) is 29.2 Å². The highest BCUT2D eigenvalue weighted by Gasteiger charge is 2.53. The van der Waals surface area contributed by atoms with Crippen molar-refractivity contribution < 1.29 is 19.4 Å². The molecule has 2 aliphatic heterocycles. The lowest BCUT2D eigenvalue weighted by molar-refractivity contribution is -0.145. The standard InChI is InChI=1S/C18H21NO4/c1-3-10-6-5-7-11(4-2)16(10)19-17(20)14-12-8-9-13(23-12)15(14)18(21)22/h5-9,12-15H,3-4H2,1-2H3,(H,19,20)(H,21,22)/t12-,13-,14-,15-/m1/s1. The molecule has 3 rings (SSSR count). The zero-order chi connectivity index (χ0) is 16.6. The summed E-state index contributed by atoms with van der Waals surface area (Å²) in [5, 5.41) is 12.4. The fourth-order valence-electron chi connectivity index (χ4n) is 3.52. The van der Waals surface area contributed by atoms with Crippen molar-refractivity contribution >= 4 is 17.6 Å². The molecule has 5 nitrogen and oxygen atoms in total. The number of anilines is 1. The van der Waals surface area contributed by atoms with Crippen molar-refractivity contribution in [2.24, 2.45) is 11.8 Å². The van der Waals surface area contributed by atoms with E-state index in [9.17, 15) is 14.7 Å². The quantitative estimate of drug-likeness (QED) is 0.818. The summed E-state index contributed by atoms with van der Waals surface area (Å²) >= 11 is 0. The maximum atomic E-state index is 12.8. The monoisotopic (exact) mass is 315 g/mol. The first-order chi connectivity index (χ1) is 11.1. The second-order valence-electron chi connectivity index (χ2n) is 5.99. The molecule has 0 radical (unpaired) electrons. The smallest absolute Gasteiger partial charge is 0.310 e. The largest absolute Gasteiger partial charge is 0.481 e. The maximum Gasteiger partial charge on any atom is 0.310 e. The van der Waals surface area contributed by atoms with Crippen LogP contribution in [0.3, 0.4) is 0 Å². The normalized spacial score (nSPS) is 28.1. The van der Waals surface area contributed by atoms with Crippen LogP contribution in [0.1, 0.15) is 25.0 Å². The molecule has 0 spiro atoms. The summed E-state index contributed by atoms with van der Waals surface area (Å²) < 4.78 is 5.58. The summed E-state index contributed by atoms with van der Waals surface area (Å²) in [5.41, 5.74) is 2.94. The predicted molar refractivity (Wildman–Crippen MR) is 86.2 cm³/mol. The maximum absolute atomic E-state index is 12.8. The zero-order valence-corrected chi connectivity index (χ0v) is 13.3. The lowest BCUT2D eigenvalue weighted by Crippen LogP contribution is -2.39. The number of aliphatic carboxylic acids is 1. The van der Waals surface area contributed by atoms with Crippen molar-refractivity contribution in [3.8, 4) is 0 Å². The predicted octanol–water partition coefficient (Wildman–Crippen LogP) is 2.40. The molecular weight excluding hydrogens is 294 g/mol. The first kappa shape index (κ1) is 15.7. The number of hydrogen-bond donors (Lipinski definition) is 2. The van der Waals surface area contributed by atoms with Crippen LogP contribution in [0.25, 0.3) is 0 Å². The van der Waals surface area contributed by atoms with Crippen LogP contribution >= 0.6 is 0 Å². The van der Waals surface area contributed by atoms with E-state index in [1.807, 2.05) is 32.0 Å². The lowest BCUT2D eigenvalue weighted by Gasteiger charge is -2.22. The molecular formula is C18H21NO4. The summed E-state index contributed by atoms with van der Waals surface area (Å²) in [5.74, 6) is -2.76. The summed E-state index contributed by atoms with van der Waals surface area (Å²) in [4.78, 5) is 24.3. The third-order valence-electron chi connectivity index (χ3n) is 4.73. The molecule has 1 amide bonds. The Bertz CT molecular complexity index is 645. The molecule has 2 heterocycles. The summed E-state index contributed by atoms with van der Waals surface area (Å²) in [6.45, 7) is 4.07. The number of carboxylic acid groups (broad SMARTS) is 1. The number of aryl methyl sites for hydroxylation is 2. The van der Waals surface area contributed by atoms with E-state index in [0.717, 1.165) is 29.7 Å². The van der Waals surface area contributed by atoms with Crippen LogP contribution in [0.15, 0.2) is 30.4 Å². The molecule has 0 aromatic heterocycles. The van der Waals surface area contributed by atoms with Gasteiger partial charge >= 0.3 is 5.97 Å². The topological polar surface area (TPSA) is 75.6 Å². The second kappa shape index (κ2) is 6.16. The first-order valence-corrected chi connectivity index (χ1v) is 8.05. The summed E-state index contributed by atoms with van der Waals surface area (Å²) in [7, 11) is 0. The molecule has 4 atom stereocenters. The third kappa shape index (κ3) is 2.65. The fraction of sp³-hybridized carbons (Fsp3) is 0.444. The van der Waals surface area contributed by atoms with Gasteiger partial charge < -0.3 is 15.2 Å². The van der Waals surface area contributed by atoms with Gasteiger partial charge in [-0.2, -0.15) is 0 Å². The van der Waals surface area contributed by atoms with Gasteiger partial charge in [0, 0.05) is 5.69 Å². The lowest BCUT2D eigenvalue weighted by atomic mass is 9.82. The second-order valence-corrected chi connectivity index (χ2v) is 5.99. The van der Waals surface area contributed by atoms with Gasteiger partial charge in [-0.1, -0.05) is 44.2 Å². The Kier molecular flexibility index (Phi) is 4.22. The van der Waals surface area contributed by atoms with Crippen molar-refractivity contribution in [2.75, 3.05) is 5.32 Å². The number of benzene rings is 1. The molecule has 0 aliphatic carbocycles. The Morgan fingerprint density at radius 3 is 2.17 bits per heavy atom. The van der Waals surface area contributed by atoms with Crippen molar-refractivity contribution in [2.45, 2.75) is 38.9 Å². The zero-order valence-electron chi connectivity index (χ0n) is 13.3. The number of ether oxygens (including phenoxy) is 1. The number of rotatable bonds is 5. The number of carboxylic acids is 1. The van der Waals surface area contributed by atoms with Crippen LogP contribution < -0.4 is 5.32 Å². The Labute approximate surface area is 135 Å². The Morgan fingerprint density at radius 1 is 1.09 bits per heavy atom. The summed E-state index contributed by atoms with van der Waals surface area (Å²) in [6, 6.07) is 5.96. The van der Waals surface area contributed by atoms with Crippen LogP contribution in [0.5, 0.6) is 0 Å². The Balaban J connectivity index is 1.88. The highest BCUT2D eigenvalue weighted by molar-refractivity contribution is 5.97. The van der Waals surface area contributed by atoms with Crippen molar-refractivity contribution in [3.05, 3.63) is 41.5 Å². The number of carbonyl (C=O) groups excluding carboxylic acids is 1. The average Bonchev–Trinajstić information content (AvgIpc) is 3.15. The van der Waals surface area contributed by atoms with Gasteiger partial charge in [-0.15, -0.1) is 0 Å². The first-order valence-electron chi connectivity index (χ1n) is 8.05. The van der Waals surface area contributed by atoms with Crippen molar-refractivity contribution in [3.63, 3.8) is 0 Å². The van der Waals surface area contributed by atoms with E-state index >= 15 is 0 Å². The van der Waals surface area contributed by atoms with E-state index in [2.05, 4.69) is 5.32 Å². The van der Waals surface area contributed by atoms with E-state index < -0.39 is 30.0 Å². The molecule has 2 N–H and O–H groups in total. The molecule has 5 heteroatoms. The highest BCUT2D eigenvalue weighted by atomic mass is 16.5. The Hall–Kier alpha value is -2.14. The van der Waals surface area contributed by atoms with Gasteiger partial charge in [-0.05, 0) is 24.0 Å². The highest BCUT2D eigenvalue weighted by Crippen LogP contribution is 2.40. The van der Waals surface area contributed by atoms with E-state index in [4.69, 9.17) is 4.74 Å².